The van der Waals surface area contributed by atoms with Gasteiger partial charge in [-0.2, -0.15) is 0 Å². The minimum Gasteiger partial charge on any atom is -0.478 e. The van der Waals surface area contributed by atoms with Gasteiger partial charge >= 0.3 is 5.97 Å². The molecular formula is C25H32N4O4. The summed E-state index contributed by atoms with van der Waals surface area (Å²) in [5.74, 6) is -0.556. The number of carbonyl (C=O) groups is 1. The molecule has 0 saturated heterocycles. The molecule has 33 heavy (non-hydrogen) atoms. The van der Waals surface area contributed by atoms with Crippen LogP contribution < -0.4 is 0 Å². The lowest BCUT2D eigenvalue weighted by molar-refractivity contribution is -0.226. The number of rotatable bonds is 12. The van der Waals surface area contributed by atoms with Crippen molar-refractivity contribution in [2.75, 3.05) is 14.2 Å². The molecule has 3 aromatic rings. The third-order valence-corrected chi connectivity index (χ3v) is 5.69. The number of benzene rings is 1. The van der Waals surface area contributed by atoms with Crippen molar-refractivity contribution < 1.29 is 19.4 Å². The Kier molecular flexibility index (Phi) is 8.30. The van der Waals surface area contributed by atoms with Crippen molar-refractivity contribution in [3.63, 3.8) is 0 Å². The summed E-state index contributed by atoms with van der Waals surface area (Å²) in [6.45, 7) is 4.66. The maximum atomic E-state index is 11.5. The van der Waals surface area contributed by atoms with Crippen LogP contribution in [0.4, 0.5) is 0 Å². The number of nitrogens with zero attached hydrogens (tertiary/aromatic N) is 4. The maximum absolute atomic E-state index is 11.5. The summed E-state index contributed by atoms with van der Waals surface area (Å²) in [7, 11) is 3.24. The van der Waals surface area contributed by atoms with Gasteiger partial charge in [0, 0.05) is 38.8 Å². The largest absolute Gasteiger partial charge is 0.478 e. The van der Waals surface area contributed by atoms with E-state index in [0.29, 0.717) is 24.4 Å². The Labute approximate surface area is 194 Å². The number of unbranched alkanes of at least 4 members (excludes halogenated alkanes) is 1. The van der Waals surface area contributed by atoms with Crippen molar-refractivity contribution in [1.29, 1.82) is 0 Å². The molecule has 0 spiro atoms. The van der Waals surface area contributed by atoms with E-state index in [-0.39, 0.29) is 5.56 Å². The molecule has 2 aromatic heterocycles. The SMILES string of the molecule is CCCCC(OC)(OC)c1nc(CCC)n(Cc2ccc(-c3ccccc3C(=O)O)cn2)n1. The molecule has 1 N–H and O–H groups in total. The van der Waals surface area contributed by atoms with Crippen molar-refractivity contribution in [1.82, 2.24) is 19.7 Å². The van der Waals surface area contributed by atoms with Crippen LogP contribution >= 0.6 is 0 Å². The lowest BCUT2D eigenvalue weighted by atomic mass is 10.0. The molecule has 0 fully saturated rings. The predicted molar refractivity (Wildman–Crippen MR) is 125 cm³/mol. The topological polar surface area (TPSA) is 99.4 Å². The van der Waals surface area contributed by atoms with Gasteiger partial charge in [-0.1, -0.05) is 44.5 Å². The van der Waals surface area contributed by atoms with Crippen LogP contribution in [-0.2, 0) is 28.2 Å². The van der Waals surface area contributed by atoms with Gasteiger partial charge in [-0.25, -0.2) is 14.5 Å². The fourth-order valence-corrected chi connectivity index (χ4v) is 3.81. The quantitative estimate of drug-likeness (QED) is 0.399. The summed E-state index contributed by atoms with van der Waals surface area (Å²) in [6, 6.07) is 10.7. The van der Waals surface area contributed by atoms with Crippen LogP contribution in [0.5, 0.6) is 0 Å². The van der Waals surface area contributed by atoms with Gasteiger partial charge in [0.05, 0.1) is 17.8 Å². The van der Waals surface area contributed by atoms with Crippen LogP contribution in [0, 0.1) is 0 Å². The number of aromatic carboxylic acids is 1. The predicted octanol–water partition coefficient (Wildman–Crippen LogP) is 4.67. The molecule has 0 bridgehead atoms. The third kappa shape index (κ3) is 5.46. The first-order valence-electron chi connectivity index (χ1n) is 11.3. The van der Waals surface area contributed by atoms with E-state index in [4.69, 9.17) is 19.6 Å². The molecule has 0 unspecified atom stereocenters. The summed E-state index contributed by atoms with van der Waals surface area (Å²) >= 11 is 0. The number of methoxy groups -OCH3 is 2. The van der Waals surface area contributed by atoms with E-state index in [1.807, 2.05) is 22.9 Å². The second kappa shape index (κ2) is 11.2. The summed E-state index contributed by atoms with van der Waals surface area (Å²) in [5, 5.41) is 14.2. The van der Waals surface area contributed by atoms with Gasteiger partial charge in [-0.3, -0.25) is 4.98 Å². The first-order valence-corrected chi connectivity index (χ1v) is 11.3. The fourth-order valence-electron chi connectivity index (χ4n) is 3.81. The molecule has 0 atom stereocenters. The number of aryl methyl sites for hydroxylation is 1. The van der Waals surface area contributed by atoms with E-state index in [0.717, 1.165) is 42.8 Å². The standard InChI is InChI=1S/C25H32N4O4/c1-5-7-15-25(32-3,33-4)24-27-22(10-6-2)29(28-24)17-19-14-13-18(16-26-19)20-11-8-9-12-21(20)23(30)31/h8-9,11-14,16H,5-7,10,15,17H2,1-4H3,(H,30,31). The van der Waals surface area contributed by atoms with E-state index in [1.165, 1.54) is 0 Å². The highest BCUT2D eigenvalue weighted by Crippen LogP contribution is 2.30. The molecular weight excluding hydrogens is 420 g/mol. The number of pyridine rings is 1. The lowest BCUT2D eigenvalue weighted by Crippen LogP contribution is -2.32. The van der Waals surface area contributed by atoms with Gasteiger partial charge in [0.1, 0.15) is 5.82 Å². The molecule has 8 nitrogen and oxygen atoms in total. The van der Waals surface area contributed by atoms with Gasteiger partial charge in [0.15, 0.2) is 0 Å². The third-order valence-electron chi connectivity index (χ3n) is 5.69. The minimum atomic E-state index is -0.971. The number of ether oxygens (including phenoxy) is 2. The highest BCUT2D eigenvalue weighted by molar-refractivity contribution is 5.95. The van der Waals surface area contributed by atoms with Crippen molar-refractivity contribution in [3.05, 3.63) is 65.5 Å². The van der Waals surface area contributed by atoms with E-state index in [9.17, 15) is 9.90 Å². The Hall–Kier alpha value is -3.10. The molecule has 0 radical (unpaired) electrons. The van der Waals surface area contributed by atoms with E-state index in [1.54, 1.807) is 38.6 Å². The molecule has 0 aliphatic heterocycles. The summed E-state index contributed by atoms with van der Waals surface area (Å²) in [5.41, 5.74) is 2.44. The molecule has 176 valence electrons. The van der Waals surface area contributed by atoms with E-state index < -0.39 is 11.8 Å². The minimum absolute atomic E-state index is 0.251. The second-order valence-electron chi connectivity index (χ2n) is 7.91. The zero-order chi connectivity index (χ0) is 23.8. The highest BCUT2D eigenvalue weighted by atomic mass is 16.7. The summed E-state index contributed by atoms with van der Waals surface area (Å²) < 4.78 is 13.3. The molecule has 0 amide bonds. The Balaban J connectivity index is 1.89. The van der Waals surface area contributed by atoms with Crippen LogP contribution in [-0.4, -0.2) is 45.0 Å². The fraction of sp³-hybridized carbons (Fsp3) is 0.440. The molecule has 2 heterocycles. The summed E-state index contributed by atoms with van der Waals surface area (Å²) in [6.07, 6.45) is 6.01. The van der Waals surface area contributed by atoms with E-state index >= 15 is 0 Å². The number of aromatic nitrogens is 4. The highest BCUT2D eigenvalue weighted by Gasteiger charge is 2.37. The Bertz CT molecular complexity index is 1060. The molecule has 1 aromatic carbocycles. The molecule has 0 aliphatic carbocycles. The van der Waals surface area contributed by atoms with Crippen molar-refractivity contribution in [2.24, 2.45) is 0 Å². The molecule has 0 saturated carbocycles. The number of carboxylic acid groups (broad SMARTS) is 1. The van der Waals surface area contributed by atoms with Gasteiger partial charge in [0.2, 0.25) is 11.6 Å². The number of hydrogen-bond donors (Lipinski definition) is 1. The van der Waals surface area contributed by atoms with Gasteiger partial charge in [-0.05, 0) is 30.5 Å². The summed E-state index contributed by atoms with van der Waals surface area (Å²) in [4.78, 5) is 20.9. The van der Waals surface area contributed by atoms with Crippen molar-refractivity contribution in [2.45, 2.75) is 58.3 Å². The van der Waals surface area contributed by atoms with Crippen LogP contribution in [0.1, 0.15) is 67.2 Å². The second-order valence-corrected chi connectivity index (χ2v) is 7.91. The van der Waals surface area contributed by atoms with Crippen molar-refractivity contribution in [3.8, 4) is 11.1 Å². The maximum Gasteiger partial charge on any atom is 0.336 e. The van der Waals surface area contributed by atoms with Crippen LogP contribution in [0.3, 0.4) is 0 Å². The van der Waals surface area contributed by atoms with Crippen LogP contribution in [0.15, 0.2) is 42.6 Å². The lowest BCUT2D eigenvalue weighted by Gasteiger charge is -2.27. The Morgan fingerprint density at radius 2 is 1.85 bits per heavy atom. The monoisotopic (exact) mass is 452 g/mol. The smallest absolute Gasteiger partial charge is 0.336 e. The molecule has 0 aliphatic rings. The molecule has 8 heteroatoms. The average molecular weight is 453 g/mol. The van der Waals surface area contributed by atoms with Crippen LogP contribution in [0.2, 0.25) is 0 Å². The molecule has 3 rings (SSSR count). The normalized spacial score (nSPS) is 11.6. The Morgan fingerprint density at radius 1 is 1.09 bits per heavy atom. The zero-order valence-corrected chi connectivity index (χ0v) is 19.7. The number of carboxylic acids is 1. The van der Waals surface area contributed by atoms with Gasteiger partial charge in [0.25, 0.3) is 0 Å². The first kappa shape index (κ1) is 24.5. The zero-order valence-electron chi connectivity index (χ0n) is 19.7. The first-order chi connectivity index (χ1) is 16.0. The van der Waals surface area contributed by atoms with E-state index in [2.05, 4.69) is 18.8 Å². The average Bonchev–Trinajstić information content (AvgIpc) is 3.23. The number of hydrogen-bond acceptors (Lipinski definition) is 6. The van der Waals surface area contributed by atoms with Crippen molar-refractivity contribution >= 4 is 5.97 Å². The van der Waals surface area contributed by atoms with Gasteiger partial charge in [-0.15, -0.1) is 5.10 Å². The van der Waals surface area contributed by atoms with Gasteiger partial charge < -0.3 is 14.6 Å². The van der Waals surface area contributed by atoms with Crippen LogP contribution in [0.25, 0.3) is 11.1 Å². The Morgan fingerprint density at radius 3 is 2.45 bits per heavy atom.